The fraction of sp³-hybridized carbons (Fsp3) is 0.261. The summed E-state index contributed by atoms with van der Waals surface area (Å²) in [7, 11) is -2.02. The second-order valence-corrected chi connectivity index (χ2v) is 9.46. The number of benzene rings is 2. The van der Waals surface area contributed by atoms with Gasteiger partial charge in [-0.2, -0.15) is 13.2 Å². The van der Waals surface area contributed by atoms with Crippen molar-refractivity contribution in [2.45, 2.75) is 24.5 Å². The van der Waals surface area contributed by atoms with Crippen LogP contribution < -0.4 is 15.4 Å². The zero-order valence-electron chi connectivity index (χ0n) is 18.6. The third-order valence-electron chi connectivity index (χ3n) is 4.78. The highest BCUT2D eigenvalue weighted by Gasteiger charge is 2.30. The van der Waals surface area contributed by atoms with Crippen LogP contribution >= 0.6 is 0 Å². The molecule has 2 aromatic carbocycles. The van der Waals surface area contributed by atoms with Gasteiger partial charge in [-0.1, -0.05) is 12.0 Å². The molecule has 7 nitrogen and oxygen atoms in total. The van der Waals surface area contributed by atoms with Gasteiger partial charge in [-0.05, 0) is 36.3 Å². The fourth-order valence-corrected chi connectivity index (χ4v) is 4.00. The Morgan fingerprint density at radius 3 is 2.50 bits per heavy atom. The Balaban J connectivity index is 1.91. The number of hydrogen-bond acceptors (Lipinski definition) is 5. The van der Waals surface area contributed by atoms with E-state index in [9.17, 15) is 26.4 Å². The Hall–Kier alpha value is -3.65. The molecule has 11 heteroatoms. The van der Waals surface area contributed by atoms with Crippen molar-refractivity contribution in [3.63, 3.8) is 0 Å². The maximum Gasteiger partial charge on any atom is 0.406 e. The first-order valence-electron chi connectivity index (χ1n) is 9.96. The Morgan fingerprint density at radius 1 is 1.15 bits per heavy atom. The number of halogens is 3. The van der Waals surface area contributed by atoms with E-state index in [-0.39, 0.29) is 28.8 Å². The molecule has 1 heterocycles. The number of fused-ring (bicyclic) bond motifs is 1. The van der Waals surface area contributed by atoms with Crippen molar-refractivity contribution in [2.75, 3.05) is 30.5 Å². The molecule has 3 aromatic rings. The van der Waals surface area contributed by atoms with Gasteiger partial charge in [-0.3, -0.25) is 4.79 Å². The van der Waals surface area contributed by atoms with E-state index in [1.807, 2.05) is 0 Å². The number of carbonyl (C=O) groups is 1. The lowest BCUT2D eigenvalue weighted by atomic mass is 10.2. The van der Waals surface area contributed by atoms with Gasteiger partial charge in [0.25, 0.3) is 0 Å². The summed E-state index contributed by atoms with van der Waals surface area (Å²) >= 11 is 0. The smallest absolute Gasteiger partial charge is 0.406 e. The molecule has 0 bridgehead atoms. The van der Waals surface area contributed by atoms with Crippen molar-refractivity contribution < 1.29 is 31.1 Å². The predicted octanol–water partition coefficient (Wildman–Crippen LogP) is 4.04. The number of amides is 1. The zero-order chi connectivity index (χ0) is 25.1. The molecule has 180 valence electrons. The number of alkyl halides is 3. The molecule has 1 aromatic heterocycles. The number of nitrogens with zero attached hydrogens (tertiary/aromatic N) is 1. The molecule has 0 aliphatic carbocycles. The summed E-state index contributed by atoms with van der Waals surface area (Å²) in [6.07, 6.45) is -3.39. The lowest BCUT2D eigenvalue weighted by Crippen LogP contribution is -2.18. The van der Waals surface area contributed by atoms with E-state index < -0.39 is 22.6 Å². The number of sulfone groups is 1. The number of ether oxygens (including phenoxy) is 1. The Kier molecular flexibility index (Phi) is 7.12. The molecule has 3 rings (SSSR count). The van der Waals surface area contributed by atoms with E-state index in [1.165, 1.54) is 44.4 Å². The van der Waals surface area contributed by atoms with Gasteiger partial charge >= 0.3 is 6.18 Å². The summed E-state index contributed by atoms with van der Waals surface area (Å²) in [4.78, 5) is 11.6. The van der Waals surface area contributed by atoms with Gasteiger partial charge in [-0.25, -0.2) is 8.42 Å². The van der Waals surface area contributed by atoms with Gasteiger partial charge in [0.05, 0.1) is 41.1 Å². The number of anilines is 2. The normalized spacial score (nSPS) is 11.6. The summed E-state index contributed by atoms with van der Waals surface area (Å²) < 4.78 is 69.4. The van der Waals surface area contributed by atoms with Crippen molar-refractivity contribution in [3.8, 4) is 17.6 Å². The molecular formula is C23H22F3N3O4S. The lowest BCUT2D eigenvalue weighted by molar-refractivity contribution is -0.140. The monoisotopic (exact) mass is 493 g/mol. The van der Waals surface area contributed by atoms with Crippen LogP contribution in [0, 0.1) is 11.8 Å². The highest BCUT2D eigenvalue weighted by atomic mass is 32.2. The van der Waals surface area contributed by atoms with Gasteiger partial charge in [-0.15, -0.1) is 0 Å². The minimum absolute atomic E-state index is 0.0562. The third-order valence-corrected chi connectivity index (χ3v) is 5.89. The second-order valence-electron chi connectivity index (χ2n) is 7.44. The maximum atomic E-state index is 13.2. The van der Waals surface area contributed by atoms with Gasteiger partial charge in [0.2, 0.25) is 5.91 Å². The SMILES string of the molecule is COc1cc(S(C)(=O)=O)ccc1NCC#Cc1cc2c(NC(C)=O)cccc2n1CC(F)(F)F. The molecule has 0 fully saturated rings. The second kappa shape index (κ2) is 9.69. The molecule has 0 atom stereocenters. The molecule has 0 saturated heterocycles. The number of rotatable bonds is 6. The van der Waals surface area contributed by atoms with Crippen molar-refractivity contribution in [1.29, 1.82) is 0 Å². The minimum atomic E-state index is -4.47. The summed E-state index contributed by atoms with van der Waals surface area (Å²) in [5, 5.41) is 6.03. The van der Waals surface area contributed by atoms with Crippen LogP contribution in [0.2, 0.25) is 0 Å². The number of carbonyl (C=O) groups excluding carboxylic acids is 1. The average molecular weight is 494 g/mol. The van der Waals surface area contributed by atoms with Gasteiger partial charge in [0.1, 0.15) is 12.3 Å². The highest BCUT2D eigenvalue weighted by Crippen LogP contribution is 2.30. The van der Waals surface area contributed by atoms with E-state index >= 15 is 0 Å². The Morgan fingerprint density at radius 2 is 1.88 bits per heavy atom. The van der Waals surface area contributed by atoms with Crippen LogP contribution in [0.15, 0.2) is 47.4 Å². The van der Waals surface area contributed by atoms with Gasteiger partial charge in [0, 0.05) is 24.6 Å². The quantitative estimate of drug-likeness (QED) is 0.506. The summed E-state index contributed by atoms with van der Waals surface area (Å²) in [6, 6.07) is 10.5. The maximum absolute atomic E-state index is 13.2. The molecule has 1 amide bonds. The average Bonchev–Trinajstić information content (AvgIpc) is 3.07. The van der Waals surface area contributed by atoms with Crippen molar-refractivity contribution in [1.82, 2.24) is 4.57 Å². The molecule has 0 saturated carbocycles. The van der Waals surface area contributed by atoms with Crippen molar-refractivity contribution in [3.05, 3.63) is 48.2 Å². The third kappa shape index (κ3) is 6.02. The van der Waals surface area contributed by atoms with Gasteiger partial charge in [0.15, 0.2) is 9.84 Å². The predicted molar refractivity (Wildman–Crippen MR) is 124 cm³/mol. The summed E-state index contributed by atoms with van der Waals surface area (Å²) in [5.41, 5.74) is 1.29. The lowest BCUT2D eigenvalue weighted by Gasteiger charge is -2.11. The van der Waals surface area contributed by atoms with Crippen LogP contribution in [0.3, 0.4) is 0 Å². The summed E-state index contributed by atoms with van der Waals surface area (Å²) in [5.74, 6) is 5.48. The molecule has 0 aliphatic heterocycles. The number of nitrogens with one attached hydrogen (secondary N) is 2. The van der Waals surface area contributed by atoms with Crippen LogP contribution in [0.25, 0.3) is 10.9 Å². The molecule has 0 aliphatic rings. The highest BCUT2D eigenvalue weighted by molar-refractivity contribution is 7.90. The van der Waals surface area contributed by atoms with Gasteiger partial charge < -0.3 is 19.9 Å². The molecule has 2 N–H and O–H groups in total. The fourth-order valence-electron chi connectivity index (χ4n) is 3.36. The van der Waals surface area contributed by atoms with Crippen LogP contribution in [0.1, 0.15) is 12.6 Å². The topological polar surface area (TPSA) is 89.4 Å². The Labute approximate surface area is 194 Å². The van der Waals surface area contributed by atoms with E-state index in [1.54, 1.807) is 12.1 Å². The van der Waals surface area contributed by atoms with E-state index in [4.69, 9.17) is 4.74 Å². The van der Waals surface area contributed by atoms with E-state index in [0.29, 0.717) is 22.3 Å². The summed E-state index contributed by atoms with van der Waals surface area (Å²) in [6.45, 7) is 0.133. The first kappa shape index (κ1) is 25.0. The van der Waals surface area contributed by atoms with Crippen LogP contribution in [-0.2, 0) is 21.2 Å². The largest absolute Gasteiger partial charge is 0.495 e. The van der Waals surface area contributed by atoms with Crippen LogP contribution in [-0.4, -0.2) is 45.0 Å². The van der Waals surface area contributed by atoms with Crippen molar-refractivity contribution in [2.24, 2.45) is 0 Å². The number of aromatic nitrogens is 1. The Bertz CT molecular complexity index is 1400. The van der Waals surface area contributed by atoms with E-state index in [0.717, 1.165) is 10.8 Å². The van der Waals surface area contributed by atoms with E-state index in [2.05, 4.69) is 22.5 Å². The molecule has 0 spiro atoms. The molecule has 0 radical (unpaired) electrons. The molecule has 34 heavy (non-hydrogen) atoms. The zero-order valence-corrected chi connectivity index (χ0v) is 19.4. The first-order valence-corrected chi connectivity index (χ1v) is 11.9. The number of methoxy groups -OCH3 is 1. The standard InChI is InChI=1S/C23H22F3N3O4S/c1-15(30)28-19-7-4-8-21-18(19)12-16(29(21)14-23(24,25)26)6-5-11-27-20-10-9-17(34(3,31)32)13-22(20)33-2/h4,7-10,12-13,27H,11,14H2,1-3H3,(H,28,30). The molecular weight excluding hydrogens is 471 g/mol. The molecule has 0 unspecified atom stereocenters. The first-order chi connectivity index (χ1) is 15.9. The van der Waals surface area contributed by atoms with Crippen LogP contribution in [0.5, 0.6) is 5.75 Å². The van der Waals surface area contributed by atoms with Crippen molar-refractivity contribution >= 4 is 38.0 Å². The minimum Gasteiger partial charge on any atom is -0.495 e. The van der Waals surface area contributed by atoms with Crippen LogP contribution in [0.4, 0.5) is 24.5 Å². The number of hydrogen-bond donors (Lipinski definition) is 2.